The number of benzene rings is 1. The van der Waals surface area contributed by atoms with Crippen LogP contribution in [0.4, 0.5) is 5.69 Å². The number of rotatable bonds is 3. The number of aryl methyl sites for hydroxylation is 1. The highest BCUT2D eigenvalue weighted by Gasteiger charge is 2.31. The average Bonchev–Trinajstić information content (AvgIpc) is 2.71. The van der Waals surface area contributed by atoms with Crippen LogP contribution in [0.25, 0.3) is 0 Å². The van der Waals surface area contributed by atoms with E-state index in [2.05, 4.69) is 5.32 Å². The van der Waals surface area contributed by atoms with Gasteiger partial charge in [-0.2, -0.15) is 0 Å². The smallest absolute Gasteiger partial charge is 0.252 e. The lowest BCUT2D eigenvalue weighted by Gasteiger charge is -2.24. The third kappa shape index (κ3) is 2.34. The summed E-state index contributed by atoms with van der Waals surface area (Å²) in [7, 11) is 1.54. The Bertz CT molecular complexity index is 469. The molecule has 1 aromatic rings. The summed E-state index contributed by atoms with van der Waals surface area (Å²) in [5.74, 6) is -0.0836. The van der Waals surface area contributed by atoms with E-state index in [1.165, 1.54) is 11.1 Å². The Hall–Kier alpha value is -1.55. The Kier molecular flexibility index (Phi) is 3.30. The zero-order valence-corrected chi connectivity index (χ0v) is 11.1. The highest BCUT2D eigenvalue weighted by Crippen LogP contribution is 2.32. The second-order valence-electron chi connectivity index (χ2n) is 5.24. The monoisotopic (exact) mass is 248 g/mol. The van der Waals surface area contributed by atoms with E-state index >= 15 is 0 Å². The number of nitrogens with two attached hydrogens (primary N) is 1. The minimum Gasteiger partial charge on any atom is -0.399 e. The van der Waals surface area contributed by atoms with Crippen LogP contribution in [0.2, 0.25) is 0 Å². The van der Waals surface area contributed by atoms with Crippen molar-refractivity contribution in [1.82, 2.24) is 5.32 Å². The molecule has 1 aliphatic carbocycles. The average molecular weight is 248 g/mol. The van der Waals surface area contributed by atoms with Crippen LogP contribution in [0.1, 0.15) is 37.4 Å². The van der Waals surface area contributed by atoms with E-state index in [1.807, 2.05) is 18.2 Å². The lowest BCUT2D eigenvalue weighted by molar-refractivity contribution is -0.140. The molecule has 1 aliphatic rings. The van der Waals surface area contributed by atoms with E-state index in [9.17, 15) is 4.79 Å². The van der Waals surface area contributed by atoms with Crippen molar-refractivity contribution in [2.75, 3.05) is 12.8 Å². The van der Waals surface area contributed by atoms with Crippen molar-refractivity contribution in [2.24, 2.45) is 0 Å². The number of hydrogen-bond acceptors (Lipinski definition) is 3. The van der Waals surface area contributed by atoms with Crippen molar-refractivity contribution in [3.63, 3.8) is 0 Å². The van der Waals surface area contributed by atoms with Gasteiger partial charge in [0.1, 0.15) is 5.60 Å². The topological polar surface area (TPSA) is 64.3 Å². The van der Waals surface area contributed by atoms with E-state index in [4.69, 9.17) is 10.5 Å². The number of nitrogen functional groups attached to an aromatic ring is 1. The standard InChI is InChI=1S/C14H20N2O2/c1-14(2,18-3)13(17)16-12-7-4-9-8-10(15)5-6-11(9)12/h5-6,8,12H,4,7,15H2,1-3H3,(H,16,17). The first-order valence-corrected chi connectivity index (χ1v) is 6.18. The van der Waals surface area contributed by atoms with Crippen molar-refractivity contribution < 1.29 is 9.53 Å². The molecule has 0 spiro atoms. The van der Waals surface area contributed by atoms with Gasteiger partial charge in [-0.05, 0) is 49.9 Å². The normalized spacial score (nSPS) is 18.5. The van der Waals surface area contributed by atoms with Crippen LogP contribution in [0.3, 0.4) is 0 Å². The first-order valence-electron chi connectivity index (χ1n) is 6.18. The number of hydrogen-bond donors (Lipinski definition) is 2. The first-order chi connectivity index (χ1) is 8.44. The predicted molar refractivity (Wildman–Crippen MR) is 71.1 cm³/mol. The molecule has 0 bridgehead atoms. The molecule has 0 radical (unpaired) electrons. The summed E-state index contributed by atoms with van der Waals surface area (Å²) in [6.45, 7) is 3.53. The van der Waals surface area contributed by atoms with Gasteiger partial charge in [0.15, 0.2) is 0 Å². The molecule has 4 nitrogen and oxygen atoms in total. The van der Waals surface area contributed by atoms with Gasteiger partial charge in [-0.25, -0.2) is 0 Å². The van der Waals surface area contributed by atoms with Gasteiger partial charge in [0.25, 0.3) is 5.91 Å². The van der Waals surface area contributed by atoms with Crippen LogP contribution < -0.4 is 11.1 Å². The number of fused-ring (bicyclic) bond motifs is 1. The molecule has 3 N–H and O–H groups in total. The molecule has 0 fully saturated rings. The van der Waals surface area contributed by atoms with Gasteiger partial charge in [-0.1, -0.05) is 6.07 Å². The van der Waals surface area contributed by atoms with Crippen LogP contribution in [0.15, 0.2) is 18.2 Å². The molecule has 4 heteroatoms. The highest BCUT2D eigenvalue weighted by atomic mass is 16.5. The van der Waals surface area contributed by atoms with Crippen LogP contribution in [0.5, 0.6) is 0 Å². The molecule has 98 valence electrons. The fraction of sp³-hybridized carbons (Fsp3) is 0.500. The number of carbonyl (C=O) groups is 1. The van der Waals surface area contributed by atoms with E-state index < -0.39 is 5.60 Å². The molecular weight excluding hydrogens is 228 g/mol. The molecule has 0 aliphatic heterocycles. The van der Waals surface area contributed by atoms with Gasteiger partial charge < -0.3 is 15.8 Å². The van der Waals surface area contributed by atoms with Crippen molar-refractivity contribution >= 4 is 11.6 Å². The number of methoxy groups -OCH3 is 1. The summed E-state index contributed by atoms with van der Waals surface area (Å²) in [6, 6.07) is 5.94. The van der Waals surface area contributed by atoms with Gasteiger partial charge in [-0.15, -0.1) is 0 Å². The molecule has 1 amide bonds. The molecule has 0 saturated heterocycles. The third-order valence-corrected chi connectivity index (χ3v) is 3.61. The molecule has 1 aromatic carbocycles. The fourth-order valence-corrected chi connectivity index (χ4v) is 2.21. The van der Waals surface area contributed by atoms with E-state index in [0.717, 1.165) is 18.5 Å². The van der Waals surface area contributed by atoms with Crippen molar-refractivity contribution in [3.8, 4) is 0 Å². The van der Waals surface area contributed by atoms with Crippen LogP contribution >= 0.6 is 0 Å². The molecular formula is C14H20N2O2. The van der Waals surface area contributed by atoms with Gasteiger partial charge in [0, 0.05) is 12.8 Å². The minimum atomic E-state index is -0.795. The zero-order valence-electron chi connectivity index (χ0n) is 11.1. The number of anilines is 1. The molecule has 0 heterocycles. The lowest BCUT2D eigenvalue weighted by Crippen LogP contribution is -2.44. The van der Waals surface area contributed by atoms with Gasteiger partial charge in [0.2, 0.25) is 0 Å². The fourth-order valence-electron chi connectivity index (χ4n) is 2.21. The van der Waals surface area contributed by atoms with E-state index in [-0.39, 0.29) is 11.9 Å². The zero-order chi connectivity index (χ0) is 13.3. The molecule has 0 saturated carbocycles. The number of amides is 1. The summed E-state index contributed by atoms with van der Waals surface area (Å²) in [6.07, 6.45) is 1.88. The Balaban J connectivity index is 2.13. The van der Waals surface area contributed by atoms with E-state index in [1.54, 1.807) is 21.0 Å². The van der Waals surface area contributed by atoms with Gasteiger partial charge in [0.05, 0.1) is 6.04 Å². The highest BCUT2D eigenvalue weighted by molar-refractivity contribution is 5.84. The lowest BCUT2D eigenvalue weighted by atomic mass is 10.0. The van der Waals surface area contributed by atoms with Crippen LogP contribution in [-0.2, 0) is 16.0 Å². The Morgan fingerprint density at radius 1 is 1.50 bits per heavy atom. The van der Waals surface area contributed by atoms with E-state index in [0.29, 0.717) is 0 Å². The van der Waals surface area contributed by atoms with Crippen LogP contribution in [0, 0.1) is 0 Å². The largest absolute Gasteiger partial charge is 0.399 e. The number of carbonyl (C=O) groups excluding carboxylic acids is 1. The molecule has 0 aromatic heterocycles. The van der Waals surface area contributed by atoms with Crippen molar-refractivity contribution in [1.29, 1.82) is 0 Å². The summed E-state index contributed by atoms with van der Waals surface area (Å²) < 4.78 is 5.18. The number of ether oxygens (including phenoxy) is 1. The summed E-state index contributed by atoms with van der Waals surface area (Å²) in [5.41, 5.74) is 8.14. The summed E-state index contributed by atoms with van der Waals surface area (Å²) >= 11 is 0. The first kappa shape index (κ1) is 12.9. The van der Waals surface area contributed by atoms with Crippen LogP contribution in [-0.4, -0.2) is 18.6 Å². The molecule has 1 unspecified atom stereocenters. The minimum absolute atomic E-state index is 0.0718. The second-order valence-corrected chi connectivity index (χ2v) is 5.24. The molecule has 18 heavy (non-hydrogen) atoms. The SMILES string of the molecule is COC(C)(C)C(=O)NC1CCc2cc(N)ccc21. The van der Waals surface area contributed by atoms with Crippen molar-refractivity contribution in [2.45, 2.75) is 38.3 Å². The Morgan fingerprint density at radius 3 is 2.89 bits per heavy atom. The second kappa shape index (κ2) is 4.61. The third-order valence-electron chi connectivity index (χ3n) is 3.61. The molecule has 2 rings (SSSR count). The Morgan fingerprint density at radius 2 is 2.22 bits per heavy atom. The molecule has 1 atom stereocenters. The quantitative estimate of drug-likeness (QED) is 0.802. The van der Waals surface area contributed by atoms with Gasteiger partial charge >= 0.3 is 0 Å². The summed E-state index contributed by atoms with van der Waals surface area (Å²) in [5, 5.41) is 3.04. The Labute approximate surface area is 108 Å². The maximum absolute atomic E-state index is 12.1. The van der Waals surface area contributed by atoms with Gasteiger partial charge in [-0.3, -0.25) is 4.79 Å². The number of nitrogens with one attached hydrogen (secondary N) is 1. The van der Waals surface area contributed by atoms with Crippen molar-refractivity contribution in [3.05, 3.63) is 29.3 Å². The summed E-state index contributed by atoms with van der Waals surface area (Å²) in [4.78, 5) is 12.1. The predicted octanol–water partition coefficient (Wildman–Crippen LogP) is 1.80. The maximum atomic E-state index is 12.1. The maximum Gasteiger partial charge on any atom is 0.252 e.